The molecule has 5 atom stereocenters. The molecule has 0 heterocycles. The zero-order chi connectivity index (χ0) is 24.6. The molecule has 4 rings (SSSR count). The van der Waals surface area contributed by atoms with Gasteiger partial charge >= 0.3 is 0 Å². The molecule has 3 aliphatic rings. The highest BCUT2D eigenvalue weighted by Crippen LogP contribution is 2.57. The fourth-order valence-electron chi connectivity index (χ4n) is 5.84. The van der Waals surface area contributed by atoms with Crippen molar-refractivity contribution in [2.24, 2.45) is 11.8 Å². The molecule has 0 aliphatic heterocycles. The Morgan fingerprint density at radius 1 is 1.18 bits per heavy atom. The number of ether oxygens (including phenoxy) is 1. The van der Waals surface area contributed by atoms with Crippen LogP contribution in [0.3, 0.4) is 0 Å². The Bertz CT molecular complexity index is 1160. The Hall–Kier alpha value is -3.01. The monoisotopic (exact) mass is 457 g/mol. The summed E-state index contributed by atoms with van der Waals surface area (Å²) < 4.78 is 5.83. The largest absolute Gasteiger partial charge is 0.510 e. The Kier molecular flexibility index (Phi) is 5.08. The van der Waals surface area contributed by atoms with Crippen LogP contribution in [0.1, 0.15) is 36.2 Å². The van der Waals surface area contributed by atoms with Gasteiger partial charge in [0.2, 0.25) is 5.78 Å². The van der Waals surface area contributed by atoms with E-state index in [-0.39, 0.29) is 23.3 Å². The number of hydrogen-bond acceptors (Lipinski definition) is 9. The van der Waals surface area contributed by atoms with Gasteiger partial charge in [-0.3, -0.25) is 19.3 Å². The summed E-state index contributed by atoms with van der Waals surface area (Å²) in [5.74, 6) is -6.24. The van der Waals surface area contributed by atoms with Crippen LogP contribution in [-0.4, -0.2) is 75.5 Å². The maximum atomic E-state index is 13.5. The van der Waals surface area contributed by atoms with Crippen LogP contribution in [0.15, 0.2) is 40.9 Å². The van der Waals surface area contributed by atoms with Gasteiger partial charge in [-0.1, -0.05) is 12.1 Å². The quantitative estimate of drug-likeness (QED) is 0.497. The summed E-state index contributed by atoms with van der Waals surface area (Å²) in [6.07, 6.45) is -0.0229. The molecule has 176 valence electrons. The topological polar surface area (TPSA) is 145 Å². The lowest BCUT2D eigenvalue weighted by Crippen LogP contribution is -2.64. The van der Waals surface area contributed by atoms with Gasteiger partial charge in [-0.05, 0) is 46.0 Å². The normalized spacial score (nSPS) is 33.7. The molecule has 1 aromatic rings. The standard InChI is InChI=1S/C24H27NO8/c1-10(26)15-20(29)18(25(3)4)13-9-12-17(22(31)24(13,32)21(15)30)19(28)16-11(23(12,2)33-5)7-6-8-14(16)27/h6-8,12-13,18,27,29,31-32H,9H2,1-5H3. The lowest BCUT2D eigenvalue weighted by Gasteiger charge is -2.53. The fourth-order valence-corrected chi connectivity index (χ4v) is 5.84. The second kappa shape index (κ2) is 7.24. The average Bonchev–Trinajstić information content (AvgIpc) is 2.73. The highest BCUT2D eigenvalue weighted by molar-refractivity contribution is 6.25. The predicted octanol–water partition coefficient (Wildman–Crippen LogP) is 1.54. The first-order chi connectivity index (χ1) is 15.3. The summed E-state index contributed by atoms with van der Waals surface area (Å²) in [4.78, 5) is 40.6. The maximum absolute atomic E-state index is 13.5. The number of aromatic hydroxyl groups is 1. The third kappa shape index (κ3) is 2.73. The van der Waals surface area contributed by atoms with Crippen molar-refractivity contribution >= 4 is 17.3 Å². The summed E-state index contributed by atoms with van der Waals surface area (Å²) >= 11 is 0. The molecule has 5 unspecified atom stereocenters. The van der Waals surface area contributed by atoms with E-state index in [1.807, 2.05) is 0 Å². The summed E-state index contributed by atoms with van der Waals surface area (Å²) in [7, 11) is 4.65. The van der Waals surface area contributed by atoms with E-state index in [1.165, 1.54) is 13.2 Å². The van der Waals surface area contributed by atoms with Crippen molar-refractivity contribution in [3.05, 3.63) is 52.0 Å². The number of Topliss-reactive ketones (excluding diaryl/α,β-unsaturated/α-hetero) is 3. The van der Waals surface area contributed by atoms with E-state index in [2.05, 4.69) is 0 Å². The summed E-state index contributed by atoms with van der Waals surface area (Å²) in [6, 6.07) is 3.56. The van der Waals surface area contributed by atoms with Crippen LogP contribution >= 0.6 is 0 Å². The van der Waals surface area contributed by atoms with Crippen molar-refractivity contribution in [3.63, 3.8) is 0 Å². The maximum Gasteiger partial charge on any atom is 0.209 e. The van der Waals surface area contributed by atoms with Gasteiger partial charge in [-0.25, -0.2) is 0 Å². The molecule has 0 spiro atoms. The van der Waals surface area contributed by atoms with Gasteiger partial charge in [0.1, 0.15) is 22.8 Å². The smallest absolute Gasteiger partial charge is 0.209 e. The number of rotatable bonds is 3. The van der Waals surface area contributed by atoms with Crippen LogP contribution in [0.25, 0.3) is 0 Å². The van der Waals surface area contributed by atoms with E-state index in [0.29, 0.717) is 5.56 Å². The number of nitrogens with zero attached hydrogens (tertiary/aromatic N) is 1. The molecule has 0 radical (unpaired) electrons. The van der Waals surface area contributed by atoms with Gasteiger partial charge in [-0.2, -0.15) is 0 Å². The van der Waals surface area contributed by atoms with E-state index in [1.54, 1.807) is 38.1 Å². The van der Waals surface area contributed by atoms with Crippen molar-refractivity contribution in [1.29, 1.82) is 0 Å². The Morgan fingerprint density at radius 2 is 1.82 bits per heavy atom. The van der Waals surface area contributed by atoms with Crippen LogP contribution in [0, 0.1) is 11.8 Å². The molecule has 9 nitrogen and oxygen atoms in total. The number of likely N-dealkylation sites (N-methyl/N-ethyl adjacent to an activating group) is 1. The van der Waals surface area contributed by atoms with Crippen LogP contribution in [0.5, 0.6) is 5.75 Å². The number of phenols is 1. The van der Waals surface area contributed by atoms with Crippen molar-refractivity contribution in [2.75, 3.05) is 21.2 Å². The molecular formula is C24H27NO8. The molecule has 0 amide bonds. The molecule has 3 aliphatic carbocycles. The van der Waals surface area contributed by atoms with Crippen molar-refractivity contribution < 1.29 is 39.5 Å². The molecule has 9 heteroatoms. The minimum absolute atomic E-state index is 0.0229. The van der Waals surface area contributed by atoms with Crippen LogP contribution in [-0.2, 0) is 19.9 Å². The SMILES string of the molecule is COC1(C)c2cccc(O)c2C(=O)C2=C(O)C3(O)C(=O)C(C(C)=O)=C(O)C(N(C)C)C3CC21. The third-order valence-corrected chi connectivity index (χ3v) is 7.53. The summed E-state index contributed by atoms with van der Waals surface area (Å²) in [5, 5.41) is 44.3. The number of aliphatic hydroxyl groups excluding tert-OH is 2. The Morgan fingerprint density at radius 3 is 2.36 bits per heavy atom. The van der Waals surface area contributed by atoms with Gasteiger partial charge in [0.25, 0.3) is 0 Å². The highest BCUT2D eigenvalue weighted by atomic mass is 16.5. The minimum Gasteiger partial charge on any atom is -0.510 e. The number of carbonyl (C=O) groups is 3. The molecule has 0 saturated heterocycles. The van der Waals surface area contributed by atoms with Gasteiger partial charge in [0.05, 0.1) is 17.2 Å². The molecule has 0 bridgehead atoms. The number of fused-ring (bicyclic) bond motifs is 3. The number of benzene rings is 1. The number of phenolic OH excluding ortho intramolecular Hbond substituents is 1. The van der Waals surface area contributed by atoms with Crippen LogP contribution < -0.4 is 0 Å². The Labute approximate surface area is 190 Å². The van der Waals surface area contributed by atoms with Gasteiger partial charge in [0.15, 0.2) is 17.2 Å². The average molecular weight is 457 g/mol. The van der Waals surface area contributed by atoms with E-state index < -0.39 is 63.5 Å². The first kappa shape index (κ1) is 23.2. The first-order valence-corrected chi connectivity index (χ1v) is 10.6. The highest BCUT2D eigenvalue weighted by Gasteiger charge is 2.65. The van der Waals surface area contributed by atoms with Gasteiger partial charge in [0, 0.05) is 24.5 Å². The summed E-state index contributed by atoms with van der Waals surface area (Å²) in [6.45, 7) is 2.78. The fraction of sp³-hybridized carbons (Fsp3) is 0.458. The van der Waals surface area contributed by atoms with Crippen LogP contribution in [0.4, 0.5) is 0 Å². The molecular weight excluding hydrogens is 430 g/mol. The predicted molar refractivity (Wildman–Crippen MR) is 116 cm³/mol. The number of hydrogen-bond donors (Lipinski definition) is 4. The van der Waals surface area contributed by atoms with Gasteiger partial charge < -0.3 is 25.2 Å². The Balaban J connectivity index is 2.07. The lowest BCUT2D eigenvalue weighted by molar-refractivity contribution is -0.153. The van der Waals surface area contributed by atoms with Gasteiger partial charge in [-0.15, -0.1) is 0 Å². The lowest BCUT2D eigenvalue weighted by atomic mass is 9.55. The molecule has 33 heavy (non-hydrogen) atoms. The first-order valence-electron chi connectivity index (χ1n) is 10.6. The van der Waals surface area contributed by atoms with E-state index in [0.717, 1.165) is 6.92 Å². The number of carbonyl (C=O) groups excluding carboxylic acids is 3. The van der Waals surface area contributed by atoms with Crippen LogP contribution in [0.2, 0.25) is 0 Å². The zero-order valence-electron chi connectivity index (χ0n) is 19.0. The molecule has 0 fully saturated rings. The van der Waals surface area contributed by atoms with Crippen molar-refractivity contribution in [1.82, 2.24) is 4.90 Å². The number of ketones is 3. The van der Waals surface area contributed by atoms with E-state index in [4.69, 9.17) is 4.74 Å². The third-order valence-electron chi connectivity index (χ3n) is 7.53. The molecule has 0 aromatic heterocycles. The number of methoxy groups -OCH3 is 1. The minimum atomic E-state index is -2.61. The number of aliphatic hydroxyl groups is 3. The van der Waals surface area contributed by atoms with Crippen molar-refractivity contribution in [3.8, 4) is 5.75 Å². The van der Waals surface area contributed by atoms with Crippen molar-refractivity contribution in [2.45, 2.75) is 37.5 Å². The molecule has 0 saturated carbocycles. The second-order valence-corrected chi connectivity index (χ2v) is 9.32. The zero-order valence-corrected chi connectivity index (χ0v) is 19.0. The summed E-state index contributed by atoms with van der Waals surface area (Å²) in [5.41, 5.74) is -4.34. The van der Waals surface area contributed by atoms with E-state index >= 15 is 0 Å². The van der Waals surface area contributed by atoms with E-state index in [9.17, 15) is 34.8 Å². The molecule has 1 aromatic carbocycles. The second-order valence-electron chi connectivity index (χ2n) is 9.32. The molecule has 4 N–H and O–H groups in total.